The van der Waals surface area contributed by atoms with Gasteiger partial charge in [-0.2, -0.15) is 0 Å². The SMILES string of the molecule is CN(C)[C@@H]1C[C@@H](C(=O)O)N(C(=O)COc2ccc(F)cc2)C1. The topological polar surface area (TPSA) is 70.1 Å². The smallest absolute Gasteiger partial charge is 0.326 e. The van der Waals surface area contributed by atoms with Crippen LogP contribution in [0, 0.1) is 5.82 Å². The molecule has 0 aromatic heterocycles. The van der Waals surface area contributed by atoms with Crippen LogP contribution < -0.4 is 4.74 Å². The number of nitrogens with zero attached hydrogens (tertiary/aromatic N) is 2. The molecule has 0 spiro atoms. The van der Waals surface area contributed by atoms with E-state index in [0.29, 0.717) is 18.7 Å². The van der Waals surface area contributed by atoms with Gasteiger partial charge in [-0.05, 0) is 44.8 Å². The third-order valence-electron chi connectivity index (χ3n) is 3.79. The predicted octanol–water partition coefficient (Wildman–Crippen LogP) is 0.820. The van der Waals surface area contributed by atoms with Gasteiger partial charge >= 0.3 is 5.97 Å². The quantitative estimate of drug-likeness (QED) is 0.872. The first-order valence-corrected chi connectivity index (χ1v) is 6.95. The Morgan fingerprint density at radius 1 is 1.36 bits per heavy atom. The summed E-state index contributed by atoms with van der Waals surface area (Å²) in [5.74, 6) is -1.43. The zero-order valence-corrected chi connectivity index (χ0v) is 12.5. The van der Waals surface area contributed by atoms with Gasteiger partial charge in [-0.15, -0.1) is 0 Å². The number of likely N-dealkylation sites (N-methyl/N-ethyl adjacent to an activating group) is 1. The van der Waals surface area contributed by atoms with Crippen LogP contribution in [0.1, 0.15) is 6.42 Å². The monoisotopic (exact) mass is 310 g/mol. The Balaban J connectivity index is 1.98. The molecule has 22 heavy (non-hydrogen) atoms. The number of hydrogen-bond acceptors (Lipinski definition) is 4. The number of carbonyl (C=O) groups is 2. The molecular formula is C15H19FN2O4. The molecule has 7 heteroatoms. The number of aliphatic carboxylic acids is 1. The molecule has 0 saturated carbocycles. The van der Waals surface area contributed by atoms with Crippen LogP contribution in [-0.4, -0.2) is 66.1 Å². The molecule has 1 fully saturated rings. The van der Waals surface area contributed by atoms with Crippen molar-refractivity contribution >= 4 is 11.9 Å². The highest BCUT2D eigenvalue weighted by Crippen LogP contribution is 2.21. The van der Waals surface area contributed by atoms with Crippen LogP contribution in [0.25, 0.3) is 0 Å². The van der Waals surface area contributed by atoms with E-state index in [1.165, 1.54) is 29.2 Å². The molecule has 2 rings (SSSR count). The first-order chi connectivity index (χ1) is 10.4. The normalized spacial score (nSPS) is 21.2. The molecule has 0 aliphatic carbocycles. The molecule has 1 N–H and O–H groups in total. The Hall–Kier alpha value is -2.15. The van der Waals surface area contributed by atoms with Crippen molar-refractivity contribution in [1.29, 1.82) is 0 Å². The van der Waals surface area contributed by atoms with Gasteiger partial charge in [0.2, 0.25) is 0 Å². The minimum absolute atomic E-state index is 0.0101. The van der Waals surface area contributed by atoms with Gasteiger partial charge in [0.25, 0.3) is 5.91 Å². The van der Waals surface area contributed by atoms with Gasteiger partial charge in [-0.1, -0.05) is 0 Å². The largest absolute Gasteiger partial charge is 0.484 e. The maximum absolute atomic E-state index is 12.8. The van der Waals surface area contributed by atoms with Gasteiger partial charge in [0, 0.05) is 12.6 Å². The van der Waals surface area contributed by atoms with Crippen molar-refractivity contribution in [3.63, 3.8) is 0 Å². The van der Waals surface area contributed by atoms with Crippen molar-refractivity contribution in [2.75, 3.05) is 27.2 Å². The predicted molar refractivity (Wildman–Crippen MR) is 77.1 cm³/mol. The molecule has 0 unspecified atom stereocenters. The number of halogens is 1. The van der Waals surface area contributed by atoms with E-state index in [4.69, 9.17) is 4.74 Å². The first-order valence-electron chi connectivity index (χ1n) is 6.95. The molecule has 1 heterocycles. The van der Waals surface area contributed by atoms with Crippen LogP contribution in [-0.2, 0) is 9.59 Å². The van der Waals surface area contributed by atoms with Gasteiger partial charge < -0.3 is 19.6 Å². The van der Waals surface area contributed by atoms with Crippen LogP contribution in [0.2, 0.25) is 0 Å². The number of benzene rings is 1. The standard InChI is InChI=1S/C15H19FN2O4/c1-17(2)11-7-13(15(20)21)18(8-11)14(19)9-22-12-5-3-10(16)4-6-12/h3-6,11,13H,7-9H2,1-2H3,(H,20,21)/t11-,13+/m1/s1. The number of likely N-dealkylation sites (tertiary alicyclic amines) is 1. The molecule has 1 aliphatic rings. The Bertz CT molecular complexity index is 547. The molecule has 0 radical (unpaired) electrons. The minimum atomic E-state index is -1.01. The van der Waals surface area contributed by atoms with E-state index in [1.54, 1.807) is 0 Å². The zero-order valence-electron chi connectivity index (χ0n) is 12.5. The summed E-state index contributed by atoms with van der Waals surface area (Å²) in [6.45, 7) is 0.0884. The van der Waals surface area contributed by atoms with Gasteiger partial charge in [-0.3, -0.25) is 4.79 Å². The van der Waals surface area contributed by atoms with E-state index in [0.717, 1.165) is 0 Å². The van der Waals surface area contributed by atoms with Crippen molar-refractivity contribution in [3.05, 3.63) is 30.1 Å². The molecule has 2 atom stereocenters. The summed E-state index contributed by atoms with van der Waals surface area (Å²) < 4.78 is 18.1. The first kappa shape index (κ1) is 16.2. The lowest BCUT2D eigenvalue weighted by Crippen LogP contribution is -2.43. The average Bonchev–Trinajstić information content (AvgIpc) is 2.92. The lowest BCUT2D eigenvalue weighted by molar-refractivity contribution is -0.148. The van der Waals surface area contributed by atoms with Crippen LogP contribution in [0.4, 0.5) is 4.39 Å². The summed E-state index contributed by atoms with van der Waals surface area (Å²) in [4.78, 5) is 26.8. The third kappa shape index (κ3) is 3.73. The molecule has 1 amide bonds. The van der Waals surface area contributed by atoms with Crippen molar-refractivity contribution in [3.8, 4) is 5.75 Å². The van der Waals surface area contributed by atoms with E-state index in [1.807, 2.05) is 19.0 Å². The average molecular weight is 310 g/mol. The highest BCUT2D eigenvalue weighted by molar-refractivity contribution is 5.85. The summed E-state index contributed by atoms with van der Waals surface area (Å²) in [5.41, 5.74) is 0. The number of amides is 1. The zero-order chi connectivity index (χ0) is 16.3. The van der Waals surface area contributed by atoms with Crippen LogP contribution >= 0.6 is 0 Å². The fourth-order valence-corrected chi connectivity index (χ4v) is 2.46. The number of ether oxygens (including phenoxy) is 1. The number of carboxylic acid groups (broad SMARTS) is 1. The molecule has 1 aromatic carbocycles. The van der Waals surface area contributed by atoms with Gasteiger partial charge in [0.05, 0.1) is 0 Å². The fourth-order valence-electron chi connectivity index (χ4n) is 2.46. The summed E-state index contributed by atoms with van der Waals surface area (Å²) >= 11 is 0. The van der Waals surface area contributed by atoms with E-state index in [2.05, 4.69) is 0 Å². The van der Waals surface area contributed by atoms with Crippen molar-refractivity contribution in [2.24, 2.45) is 0 Å². The van der Waals surface area contributed by atoms with E-state index >= 15 is 0 Å². The number of hydrogen-bond donors (Lipinski definition) is 1. The molecule has 120 valence electrons. The van der Waals surface area contributed by atoms with Gasteiger partial charge in [0.1, 0.15) is 17.6 Å². The molecule has 0 bridgehead atoms. The third-order valence-corrected chi connectivity index (χ3v) is 3.79. The van der Waals surface area contributed by atoms with E-state index in [-0.39, 0.29) is 18.6 Å². The maximum atomic E-state index is 12.8. The van der Waals surface area contributed by atoms with Crippen LogP contribution in [0.3, 0.4) is 0 Å². The summed E-state index contributed by atoms with van der Waals surface area (Å²) in [7, 11) is 3.71. The summed E-state index contributed by atoms with van der Waals surface area (Å²) in [5, 5.41) is 9.25. The van der Waals surface area contributed by atoms with Crippen LogP contribution in [0.5, 0.6) is 5.75 Å². The van der Waals surface area contributed by atoms with Crippen molar-refractivity contribution in [1.82, 2.24) is 9.80 Å². The summed E-state index contributed by atoms with van der Waals surface area (Å²) in [6.07, 6.45) is 0.393. The number of rotatable bonds is 5. The second-order valence-electron chi connectivity index (χ2n) is 5.50. The lowest BCUT2D eigenvalue weighted by Gasteiger charge is -2.22. The molecule has 1 saturated heterocycles. The Morgan fingerprint density at radius 3 is 2.55 bits per heavy atom. The second-order valence-corrected chi connectivity index (χ2v) is 5.50. The highest BCUT2D eigenvalue weighted by atomic mass is 19.1. The molecule has 1 aliphatic heterocycles. The van der Waals surface area contributed by atoms with Gasteiger partial charge in [-0.25, -0.2) is 9.18 Å². The highest BCUT2D eigenvalue weighted by Gasteiger charge is 2.40. The van der Waals surface area contributed by atoms with E-state index in [9.17, 15) is 19.1 Å². The lowest BCUT2D eigenvalue weighted by atomic mass is 10.1. The summed E-state index contributed by atoms with van der Waals surface area (Å²) in [6, 6.07) is 4.48. The van der Waals surface area contributed by atoms with E-state index < -0.39 is 17.8 Å². The van der Waals surface area contributed by atoms with Crippen molar-refractivity contribution in [2.45, 2.75) is 18.5 Å². The number of carboxylic acids is 1. The fraction of sp³-hybridized carbons (Fsp3) is 0.467. The maximum Gasteiger partial charge on any atom is 0.326 e. The Kier molecular flexibility index (Phi) is 4.97. The van der Waals surface area contributed by atoms with Gasteiger partial charge in [0.15, 0.2) is 6.61 Å². The molecule has 6 nitrogen and oxygen atoms in total. The van der Waals surface area contributed by atoms with Crippen LogP contribution in [0.15, 0.2) is 24.3 Å². The molecular weight excluding hydrogens is 291 g/mol. The second kappa shape index (κ2) is 6.74. The Morgan fingerprint density at radius 2 is 2.00 bits per heavy atom. The van der Waals surface area contributed by atoms with Crippen molar-refractivity contribution < 1.29 is 23.8 Å². The Labute approximate surface area is 128 Å². The minimum Gasteiger partial charge on any atom is -0.484 e. The number of carbonyl (C=O) groups excluding carboxylic acids is 1. The molecule has 1 aromatic rings.